The minimum absolute atomic E-state index is 0.0993. The van der Waals surface area contributed by atoms with Crippen molar-refractivity contribution >= 4 is 5.97 Å². The molecule has 0 radical (unpaired) electrons. The van der Waals surface area contributed by atoms with E-state index >= 15 is 0 Å². The fourth-order valence-corrected chi connectivity index (χ4v) is 4.87. The second-order valence-electron chi connectivity index (χ2n) is 8.16. The van der Waals surface area contributed by atoms with Gasteiger partial charge in [0.25, 0.3) is 0 Å². The molecule has 0 aromatic heterocycles. The highest BCUT2D eigenvalue weighted by molar-refractivity contribution is 5.68. The predicted molar refractivity (Wildman–Crippen MR) is 99.7 cm³/mol. The van der Waals surface area contributed by atoms with Crippen LogP contribution in [0.3, 0.4) is 0 Å². The lowest BCUT2D eigenvalue weighted by molar-refractivity contribution is -0.139. The Hall–Kier alpha value is -1.99. The summed E-state index contributed by atoms with van der Waals surface area (Å²) >= 11 is 0. The Bertz CT molecular complexity index is 700. The van der Waals surface area contributed by atoms with Crippen molar-refractivity contribution in [1.82, 2.24) is 0 Å². The van der Waals surface area contributed by atoms with Crippen molar-refractivity contribution < 1.29 is 34.3 Å². The first kappa shape index (κ1) is 19.3. The summed E-state index contributed by atoms with van der Waals surface area (Å²) in [5.41, 5.74) is 0. The molecule has 2 aliphatic carbocycles. The molecule has 0 bridgehead atoms. The quantitative estimate of drug-likeness (QED) is 0.654. The van der Waals surface area contributed by atoms with Gasteiger partial charge in [-0.15, -0.1) is 0 Å². The van der Waals surface area contributed by atoms with Gasteiger partial charge in [-0.2, -0.15) is 0 Å². The zero-order valence-electron chi connectivity index (χ0n) is 15.8. The Morgan fingerprint density at radius 1 is 1.25 bits per heavy atom. The molecule has 0 spiro atoms. The van der Waals surface area contributed by atoms with Crippen LogP contribution in [0.1, 0.15) is 44.9 Å². The maximum absolute atomic E-state index is 10.8. The van der Waals surface area contributed by atoms with Gasteiger partial charge in [-0.3, -0.25) is 0 Å². The lowest BCUT2D eigenvalue weighted by Crippen LogP contribution is -2.40. The Morgan fingerprint density at radius 2 is 2.04 bits per heavy atom. The molecule has 2 fully saturated rings. The highest BCUT2D eigenvalue weighted by Crippen LogP contribution is 2.47. The molecule has 1 aromatic carbocycles. The Kier molecular flexibility index (Phi) is 5.64. The van der Waals surface area contributed by atoms with E-state index in [9.17, 15) is 15.0 Å². The number of carbonyl (C=O) groups is 1. The number of rotatable bonds is 7. The van der Waals surface area contributed by atoms with Crippen LogP contribution in [0.2, 0.25) is 0 Å². The SMILES string of the molecule is O=C(O)COc1cccc2c1OC1CC(O)C(CCC(O)C3CCCC3)C1O2. The molecule has 3 N–H and O–H groups in total. The van der Waals surface area contributed by atoms with Crippen molar-refractivity contribution in [2.45, 2.75) is 69.4 Å². The first-order valence-corrected chi connectivity index (χ1v) is 10.2. The predicted octanol–water partition coefficient (Wildman–Crippen LogP) is 2.37. The third kappa shape index (κ3) is 3.91. The Labute approximate surface area is 164 Å². The van der Waals surface area contributed by atoms with Gasteiger partial charge in [0.15, 0.2) is 18.1 Å². The molecule has 5 atom stereocenters. The van der Waals surface area contributed by atoms with Crippen molar-refractivity contribution in [2.75, 3.05) is 6.61 Å². The second-order valence-corrected chi connectivity index (χ2v) is 8.16. The minimum atomic E-state index is -1.07. The largest absolute Gasteiger partial charge is 0.482 e. The number of carboxylic acid groups (broad SMARTS) is 1. The maximum atomic E-state index is 10.8. The Morgan fingerprint density at radius 3 is 2.79 bits per heavy atom. The molecule has 7 nitrogen and oxygen atoms in total. The van der Waals surface area contributed by atoms with Crippen molar-refractivity contribution in [3.63, 3.8) is 0 Å². The molecule has 5 unspecified atom stereocenters. The molecular formula is C21H28O7. The lowest BCUT2D eigenvalue weighted by atomic mass is 9.90. The first-order chi connectivity index (χ1) is 13.5. The maximum Gasteiger partial charge on any atom is 0.341 e. The summed E-state index contributed by atoms with van der Waals surface area (Å²) in [6.07, 6.45) is 4.89. The number of aliphatic hydroxyl groups excluding tert-OH is 2. The van der Waals surface area contributed by atoms with E-state index in [-0.39, 0.29) is 24.2 Å². The molecule has 1 heterocycles. The van der Waals surface area contributed by atoms with E-state index < -0.39 is 18.7 Å². The molecule has 0 amide bonds. The molecule has 3 aliphatic rings. The van der Waals surface area contributed by atoms with Crippen LogP contribution in [0.4, 0.5) is 0 Å². The number of aliphatic hydroxyl groups is 2. The zero-order valence-corrected chi connectivity index (χ0v) is 15.8. The zero-order chi connectivity index (χ0) is 19.7. The fourth-order valence-electron chi connectivity index (χ4n) is 4.87. The van der Waals surface area contributed by atoms with Gasteiger partial charge in [-0.25, -0.2) is 4.79 Å². The number of aliphatic carboxylic acids is 1. The minimum Gasteiger partial charge on any atom is -0.482 e. The van der Waals surface area contributed by atoms with Gasteiger partial charge in [0, 0.05) is 12.3 Å². The van der Waals surface area contributed by atoms with E-state index in [1.807, 2.05) is 0 Å². The third-order valence-electron chi connectivity index (χ3n) is 6.32. The summed E-state index contributed by atoms with van der Waals surface area (Å²) in [4.78, 5) is 10.8. The summed E-state index contributed by atoms with van der Waals surface area (Å²) in [6, 6.07) is 5.13. The van der Waals surface area contributed by atoms with E-state index in [0.29, 0.717) is 42.4 Å². The number of hydrogen-bond acceptors (Lipinski definition) is 6. The molecule has 1 aromatic rings. The number of carboxylic acids is 1. The molecule has 7 heteroatoms. The standard InChI is InChI=1S/C21H28O7/c22-14(12-4-1-2-5-12)9-8-13-15(23)10-18-20(13)27-17-7-3-6-16(21(17)28-18)26-11-19(24)25/h3,6-7,12-15,18,20,22-23H,1-2,4-5,8-11H2,(H,24,25). The van der Waals surface area contributed by atoms with Gasteiger partial charge >= 0.3 is 5.97 Å². The topological polar surface area (TPSA) is 105 Å². The van der Waals surface area contributed by atoms with Crippen LogP contribution in [-0.2, 0) is 4.79 Å². The van der Waals surface area contributed by atoms with Crippen LogP contribution in [0.15, 0.2) is 18.2 Å². The number of fused-ring (bicyclic) bond motifs is 2. The van der Waals surface area contributed by atoms with Gasteiger partial charge in [0.2, 0.25) is 5.75 Å². The number of para-hydroxylation sites is 1. The summed E-state index contributed by atoms with van der Waals surface area (Å²) in [5, 5.41) is 29.9. The monoisotopic (exact) mass is 392 g/mol. The van der Waals surface area contributed by atoms with Crippen LogP contribution in [0.5, 0.6) is 17.2 Å². The summed E-state index contributed by atoms with van der Waals surface area (Å²) in [7, 11) is 0. The van der Waals surface area contributed by atoms with E-state index in [1.54, 1.807) is 18.2 Å². The van der Waals surface area contributed by atoms with Gasteiger partial charge in [0.1, 0.15) is 12.2 Å². The van der Waals surface area contributed by atoms with Crippen LogP contribution in [0, 0.1) is 11.8 Å². The number of ether oxygens (including phenoxy) is 3. The molecule has 28 heavy (non-hydrogen) atoms. The average Bonchev–Trinajstić information content (AvgIpc) is 3.30. The van der Waals surface area contributed by atoms with Gasteiger partial charge in [-0.1, -0.05) is 18.9 Å². The summed E-state index contributed by atoms with van der Waals surface area (Å²) in [6.45, 7) is -0.460. The van der Waals surface area contributed by atoms with Gasteiger partial charge in [-0.05, 0) is 43.7 Å². The van der Waals surface area contributed by atoms with E-state index in [2.05, 4.69) is 0 Å². The van der Waals surface area contributed by atoms with E-state index in [4.69, 9.17) is 19.3 Å². The Balaban J connectivity index is 1.43. The summed E-state index contributed by atoms with van der Waals surface area (Å²) in [5.74, 6) is 0.436. The molecule has 154 valence electrons. The van der Waals surface area contributed by atoms with Crippen molar-refractivity contribution in [2.24, 2.45) is 11.8 Å². The normalized spacial score (nSPS) is 30.1. The van der Waals surface area contributed by atoms with Crippen LogP contribution < -0.4 is 14.2 Å². The second kappa shape index (κ2) is 8.17. The summed E-state index contributed by atoms with van der Waals surface area (Å²) < 4.78 is 17.5. The van der Waals surface area contributed by atoms with Gasteiger partial charge < -0.3 is 29.5 Å². The van der Waals surface area contributed by atoms with E-state index in [0.717, 1.165) is 12.8 Å². The third-order valence-corrected chi connectivity index (χ3v) is 6.32. The van der Waals surface area contributed by atoms with Crippen molar-refractivity contribution in [1.29, 1.82) is 0 Å². The molecular weight excluding hydrogens is 364 g/mol. The van der Waals surface area contributed by atoms with Crippen molar-refractivity contribution in [3.05, 3.63) is 18.2 Å². The van der Waals surface area contributed by atoms with Gasteiger partial charge in [0.05, 0.1) is 12.2 Å². The highest BCUT2D eigenvalue weighted by atomic mass is 16.6. The van der Waals surface area contributed by atoms with E-state index in [1.165, 1.54) is 12.8 Å². The van der Waals surface area contributed by atoms with Crippen LogP contribution in [0.25, 0.3) is 0 Å². The lowest BCUT2D eigenvalue weighted by Gasteiger charge is -2.33. The molecule has 4 rings (SSSR count). The number of hydrogen-bond donors (Lipinski definition) is 3. The van der Waals surface area contributed by atoms with Crippen LogP contribution >= 0.6 is 0 Å². The van der Waals surface area contributed by atoms with Crippen LogP contribution in [-0.4, -0.2) is 52.3 Å². The average molecular weight is 392 g/mol. The first-order valence-electron chi connectivity index (χ1n) is 10.2. The molecule has 2 saturated carbocycles. The molecule has 0 saturated heterocycles. The molecule has 1 aliphatic heterocycles. The fraction of sp³-hybridized carbons (Fsp3) is 0.667. The number of benzene rings is 1. The smallest absolute Gasteiger partial charge is 0.341 e. The highest BCUT2D eigenvalue weighted by Gasteiger charge is 2.48. The van der Waals surface area contributed by atoms with Crippen molar-refractivity contribution in [3.8, 4) is 17.2 Å².